The first kappa shape index (κ1) is 22.3. The maximum Gasteiger partial charge on any atom is 0.261 e. The second kappa shape index (κ2) is 9.69. The Hall–Kier alpha value is -3.93. The van der Waals surface area contributed by atoms with Crippen LogP contribution in [0.4, 0.5) is 0 Å². The molecule has 0 fully saturated rings. The van der Waals surface area contributed by atoms with Gasteiger partial charge in [0.25, 0.3) is 17.7 Å². The minimum atomic E-state index is -0.289. The van der Waals surface area contributed by atoms with E-state index in [0.29, 0.717) is 36.3 Å². The Morgan fingerprint density at radius 3 is 2.12 bits per heavy atom. The number of carbonyl (C=O) groups excluding carboxylic acids is 3. The third-order valence-corrected chi connectivity index (χ3v) is 5.76. The maximum absolute atomic E-state index is 12.7. The molecule has 3 aromatic carbocycles. The first-order valence-corrected chi connectivity index (χ1v) is 10.9. The molecule has 0 unspecified atom stereocenters. The monoisotopic (exact) mass is 442 g/mol. The van der Waals surface area contributed by atoms with Crippen molar-refractivity contribution in [3.8, 4) is 5.75 Å². The quantitative estimate of drug-likeness (QED) is 0.385. The first-order chi connectivity index (χ1) is 16.0. The van der Waals surface area contributed by atoms with Crippen LogP contribution in [0.2, 0.25) is 0 Å². The Morgan fingerprint density at radius 2 is 1.48 bits per heavy atom. The number of hydrogen-bond donors (Lipinski definition) is 0. The highest BCUT2D eigenvalue weighted by molar-refractivity contribution is 6.21. The van der Waals surface area contributed by atoms with Gasteiger partial charge in [0.05, 0.1) is 24.3 Å². The van der Waals surface area contributed by atoms with E-state index in [9.17, 15) is 14.4 Å². The third kappa shape index (κ3) is 4.80. The molecule has 0 saturated carbocycles. The van der Waals surface area contributed by atoms with Crippen LogP contribution in [-0.4, -0.2) is 47.7 Å². The van der Waals surface area contributed by atoms with Crippen molar-refractivity contribution in [3.05, 3.63) is 101 Å². The van der Waals surface area contributed by atoms with Crippen molar-refractivity contribution in [1.29, 1.82) is 0 Å². The van der Waals surface area contributed by atoms with Crippen molar-refractivity contribution in [2.24, 2.45) is 0 Å². The molecule has 0 aliphatic carbocycles. The van der Waals surface area contributed by atoms with Crippen LogP contribution < -0.4 is 4.74 Å². The average Bonchev–Trinajstić information content (AvgIpc) is 3.08. The van der Waals surface area contributed by atoms with E-state index in [-0.39, 0.29) is 24.3 Å². The Bertz CT molecular complexity index is 1150. The zero-order valence-electron chi connectivity index (χ0n) is 18.8. The summed E-state index contributed by atoms with van der Waals surface area (Å²) in [6.45, 7) is 3.28. The Kier molecular flexibility index (Phi) is 6.54. The van der Waals surface area contributed by atoms with Gasteiger partial charge in [-0.3, -0.25) is 19.3 Å². The van der Waals surface area contributed by atoms with E-state index in [1.165, 1.54) is 4.90 Å². The number of imide groups is 1. The Morgan fingerprint density at radius 1 is 0.879 bits per heavy atom. The van der Waals surface area contributed by atoms with Gasteiger partial charge in [0.1, 0.15) is 5.75 Å². The fourth-order valence-corrected chi connectivity index (χ4v) is 3.84. The lowest BCUT2D eigenvalue weighted by Crippen LogP contribution is -2.29. The van der Waals surface area contributed by atoms with E-state index in [2.05, 4.69) is 0 Å². The van der Waals surface area contributed by atoms with Gasteiger partial charge in [0.2, 0.25) is 0 Å². The van der Waals surface area contributed by atoms with Gasteiger partial charge in [-0.15, -0.1) is 0 Å². The molecule has 4 rings (SSSR count). The number of ether oxygens (including phenoxy) is 1. The van der Waals surface area contributed by atoms with Crippen molar-refractivity contribution >= 4 is 17.7 Å². The zero-order chi connectivity index (χ0) is 23.4. The molecule has 0 radical (unpaired) electrons. The van der Waals surface area contributed by atoms with E-state index >= 15 is 0 Å². The molecular formula is C27H26N2O4. The number of amides is 3. The third-order valence-electron chi connectivity index (χ3n) is 5.76. The summed E-state index contributed by atoms with van der Waals surface area (Å²) in [5, 5.41) is 0. The fourth-order valence-electron chi connectivity index (χ4n) is 3.84. The van der Waals surface area contributed by atoms with Gasteiger partial charge in [0.15, 0.2) is 0 Å². The molecule has 0 N–H and O–H groups in total. The van der Waals surface area contributed by atoms with Crippen LogP contribution >= 0.6 is 0 Å². The second-order valence-electron chi connectivity index (χ2n) is 8.13. The van der Waals surface area contributed by atoms with Crippen LogP contribution in [0.5, 0.6) is 5.75 Å². The molecule has 0 atom stereocenters. The number of hydrogen-bond acceptors (Lipinski definition) is 4. The van der Waals surface area contributed by atoms with Gasteiger partial charge in [-0.25, -0.2) is 0 Å². The molecule has 3 amide bonds. The van der Waals surface area contributed by atoms with E-state index < -0.39 is 0 Å². The molecule has 0 spiro atoms. The van der Waals surface area contributed by atoms with E-state index in [4.69, 9.17) is 4.74 Å². The molecule has 1 heterocycles. The molecule has 6 heteroatoms. The van der Waals surface area contributed by atoms with Crippen molar-refractivity contribution < 1.29 is 19.1 Å². The number of benzene rings is 3. The van der Waals surface area contributed by atoms with Crippen molar-refractivity contribution in [3.63, 3.8) is 0 Å². The lowest BCUT2D eigenvalue weighted by molar-refractivity contribution is 0.0641. The number of carbonyl (C=O) groups is 3. The lowest BCUT2D eigenvalue weighted by atomic mass is 10.1. The lowest BCUT2D eigenvalue weighted by Gasteiger charge is -2.18. The number of aryl methyl sites for hydroxylation is 1. The van der Waals surface area contributed by atoms with Crippen LogP contribution in [0.25, 0.3) is 0 Å². The summed E-state index contributed by atoms with van der Waals surface area (Å²) in [4.78, 5) is 40.7. The molecule has 0 bridgehead atoms. The molecule has 0 saturated heterocycles. The fraction of sp³-hybridized carbons (Fsp3) is 0.222. The SMILES string of the molecule is Cc1ccccc1OCCCN(C)C(=O)c1ccc(CN2C(=O)c3ccccc3C2=O)cc1. The van der Waals surface area contributed by atoms with Crippen molar-refractivity contribution in [2.45, 2.75) is 19.9 Å². The minimum absolute atomic E-state index is 0.0850. The predicted molar refractivity (Wildman–Crippen MR) is 125 cm³/mol. The Balaban J connectivity index is 1.29. The summed E-state index contributed by atoms with van der Waals surface area (Å²) >= 11 is 0. The smallest absolute Gasteiger partial charge is 0.261 e. The molecule has 6 nitrogen and oxygen atoms in total. The van der Waals surface area contributed by atoms with Crippen LogP contribution in [0.1, 0.15) is 48.6 Å². The highest BCUT2D eigenvalue weighted by atomic mass is 16.5. The molecule has 33 heavy (non-hydrogen) atoms. The summed E-state index contributed by atoms with van der Waals surface area (Å²) in [6.07, 6.45) is 0.717. The maximum atomic E-state index is 12.7. The number of para-hydroxylation sites is 1. The molecule has 1 aliphatic rings. The zero-order valence-corrected chi connectivity index (χ0v) is 18.8. The number of fused-ring (bicyclic) bond motifs is 1. The van der Waals surface area contributed by atoms with Gasteiger partial charge in [-0.2, -0.15) is 0 Å². The van der Waals surface area contributed by atoms with Crippen LogP contribution in [0, 0.1) is 6.92 Å². The predicted octanol–water partition coefficient (Wildman–Crippen LogP) is 4.33. The van der Waals surface area contributed by atoms with Gasteiger partial charge >= 0.3 is 0 Å². The van der Waals surface area contributed by atoms with Crippen molar-refractivity contribution in [1.82, 2.24) is 9.80 Å². The highest BCUT2D eigenvalue weighted by Crippen LogP contribution is 2.24. The summed E-state index contributed by atoms with van der Waals surface area (Å²) in [6, 6.07) is 21.7. The average molecular weight is 443 g/mol. The molecular weight excluding hydrogens is 416 g/mol. The molecule has 1 aliphatic heterocycles. The van der Waals surface area contributed by atoms with Crippen molar-refractivity contribution in [2.75, 3.05) is 20.2 Å². The molecule has 0 aromatic heterocycles. The number of rotatable bonds is 8. The van der Waals surface area contributed by atoms with Gasteiger partial charge < -0.3 is 9.64 Å². The summed E-state index contributed by atoms with van der Waals surface area (Å²) < 4.78 is 5.79. The van der Waals surface area contributed by atoms with E-state index in [0.717, 1.165) is 16.9 Å². The van der Waals surface area contributed by atoms with Crippen LogP contribution in [0.15, 0.2) is 72.8 Å². The summed E-state index contributed by atoms with van der Waals surface area (Å²) in [7, 11) is 1.77. The minimum Gasteiger partial charge on any atom is -0.493 e. The molecule has 3 aromatic rings. The van der Waals surface area contributed by atoms with Gasteiger partial charge in [-0.05, 0) is 54.8 Å². The number of nitrogens with zero attached hydrogens (tertiary/aromatic N) is 2. The molecule has 168 valence electrons. The first-order valence-electron chi connectivity index (χ1n) is 10.9. The van der Waals surface area contributed by atoms with Crippen LogP contribution in [0.3, 0.4) is 0 Å². The topological polar surface area (TPSA) is 66.9 Å². The second-order valence-corrected chi connectivity index (χ2v) is 8.13. The summed E-state index contributed by atoms with van der Waals surface area (Å²) in [5.74, 6) is 0.199. The largest absolute Gasteiger partial charge is 0.493 e. The van der Waals surface area contributed by atoms with Crippen LogP contribution in [-0.2, 0) is 6.54 Å². The summed E-state index contributed by atoms with van der Waals surface area (Å²) in [5.41, 5.74) is 3.30. The van der Waals surface area contributed by atoms with E-state index in [1.807, 2.05) is 31.2 Å². The highest BCUT2D eigenvalue weighted by Gasteiger charge is 2.34. The van der Waals surface area contributed by atoms with E-state index in [1.54, 1.807) is 60.5 Å². The van der Waals surface area contributed by atoms with Gasteiger partial charge in [-0.1, -0.05) is 42.5 Å². The van der Waals surface area contributed by atoms with Gasteiger partial charge in [0, 0.05) is 19.2 Å². The Labute approximate surface area is 193 Å². The standard InChI is InChI=1S/C27H26N2O4/c1-19-8-3-6-11-24(19)33-17-7-16-28(2)25(30)21-14-12-20(13-15-21)18-29-26(31)22-9-4-5-10-23(22)27(29)32/h3-6,8-15H,7,16-18H2,1-2H3. The normalized spacial score (nSPS) is 12.6.